The van der Waals surface area contributed by atoms with Gasteiger partial charge in [-0.25, -0.2) is 4.98 Å². The van der Waals surface area contributed by atoms with E-state index in [0.29, 0.717) is 12.5 Å². The van der Waals surface area contributed by atoms with Crippen LogP contribution in [-0.4, -0.2) is 48.9 Å². The van der Waals surface area contributed by atoms with Gasteiger partial charge in [0.25, 0.3) is 5.91 Å². The van der Waals surface area contributed by atoms with E-state index in [0.717, 1.165) is 48.5 Å². The molecule has 1 amide bonds. The molecule has 194 valence electrons. The van der Waals surface area contributed by atoms with Crippen molar-refractivity contribution in [3.63, 3.8) is 0 Å². The van der Waals surface area contributed by atoms with Crippen molar-refractivity contribution in [2.24, 2.45) is 5.92 Å². The number of ether oxygens (including phenoxy) is 1. The van der Waals surface area contributed by atoms with Crippen molar-refractivity contribution in [3.8, 4) is 5.75 Å². The SMILES string of the molecule is CN(C)c1nc(N[C@H]2CC[C@@H](CNC(=O)c3ccccc3OC(F)(F)F)CC2)nc2ccccc12.Cl. The average Bonchev–Trinajstić information content (AvgIpc) is 2.82. The first-order chi connectivity index (χ1) is 16.7. The third-order valence-electron chi connectivity index (χ3n) is 6.10. The molecule has 3 aromatic rings. The molecule has 0 atom stereocenters. The van der Waals surface area contributed by atoms with Gasteiger partial charge in [0.1, 0.15) is 11.6 Å². The van der Waals surface area contributed by atoms with Crippen LogP contribution in [0.25, 0.3) is 10.9 Å². The van der Waals surface area contributed by atoms with Gasteiger partial charge in [-0.3, -0.25) is 4.79 Å². The fourth-order valence-electron chi connectivity index (χ4n) is 4.36. The number of anilines is 2. The van der Waals surface area contributed by atoms with E-state index in [1.54, 1.807) is 0 Å². The molecule has 2 aromatic carbocycles. The summed E-state index contributed by atoms with van der Waals surface area (Å²) in [6.45, 7) is 0.392. The average molecular weight is 524 g/mol. The number of carbonyl (C=O) groups excluding carboxylic acids is 1. The van der Waals surface area contributed by atoms with Crippen LogP contribution in [0.5, 0.6) is 5.75 Å². The van der Waals surface area contributed by atoms with Gasteiger partial charge in [-0.05, 0) is 55.9 Å². The van der Waals surface area contributed by atoms with Gasteiger partial charge in [-0.15, -0.1) is 25.6 Å². The molecule has 0 saturated heterocycles. The highest BCUT2D eigenvalue weighted by Gasteiger charge is 2.33. The van der Waals surface area contributed by atoms with Crippen LogP contribution in [0.2, 0.25) is 0 Å². The number of halogens is 4. The number of aromatic nitrogens is 2. The van der Waals surface area contributed by atoms with Crippen LogP contribution in [0.3, 0.4) is 0 Å². The molecule has 1 heterocycles. The number of hydrogen-bond donors (Lipinski definition) is 2. The minimum Gasteiger partial charge on any atom is -0.405 e. The number of benzene rings is 2. The molecule has 2 N–H and O–H groups in total. The van der Waals surface area contributed by atoms with E-state index in [-0.39, 0.29) is 29.9 Å². The Morgan fingerprint density at radius 1 is 1.03 bits per heavy atom. The summed E-state index contributed by atoms with van der Waals surface area (Å²) in [7, 11) is 3.90. The summed E-state index contributed by atoms with van der Waals surface area (Å²) in [5.74, 6) is 0.598. The van der Waals surface area contributed by atoms with Crippen molar-refractivity contribution in [3.05, 3.63) is 54.1 Å². The molecule has 1 aliphatic rings. The highest BCUT2D eigenvalue weighted by molar-refractivity contribution is 5.97. The summed E-state index contributed by atoms with van der Waals surface area (Å²) in [6.07, 6.45) is -1.37. The maximum Gasteiger partial charge on any atom is 0.573 e. The van der Waals surface area contributed by atoms with E-state index in [2.05, 4.69) is 20.4 Å². The third-order valence-corrected chi connectivity index (χ3v) is 6.10. The number of amides is 1. The summed E-state index contributed by atoms with van der Waals surface area (Å²) in [5, 5.41) is 7.20. The Morgan fingerprint density at radius 2 is 1.69 bits per heavy atom. The van der Waals surface area contributed by atoms with Crippen LogP contribution < -0.4 is 20.3 Å². The molecule has 1 aromatic heterocycles. The fraction of sp³-hybridized carbons (Fsp3) is 0.400. The van der Waals surface area contributed by atoms with Crippen molar-refractivity contribution in [1.29, 1.82) is 0 Å². The smallest absolute Gasteiger partial charge is 0.405 e. The molecule has 0 radical (unpaired) electrons. The number of nitrogens with zero attached hydrogens (tertiary/aromatic N) is 3. The van der Waals surface area contributed by atoms with Crippen LogP contribution in [0.1, 0.15) is 36.0 Å². The summed E-state index contributed by atoms with van der Waals surface area (Å²) >= 11 is 0. The Hall–Kier alpha value is -3.27. The van der Waals surface area contributed by atoms with E-state index in [1.807, 2.05) is 43.3 Å². The molecule has 1 fully saturated rings. The van der Waals surface area contributed by atoms with E-state index in [1.165, 1.54) is 18.2 Å². The molecule has 1 aliphatic carbocycles. The molecule has 0 bridgehead atoms. The molecule has 11 heteroatoms. The van der Waals surface area contributed by atoms with Crippen LogP contribution in [0.4, 0.5) is 24.9 Å². The second-order valence-corrected chi connectivity index (χ2v) is 8.90. The number of carbonyl (C=O) groups is 1. The Bertz CT molecular complexity index is 1180. The minimum absolute atomic E-state index is 0. The topological polar surface area (TPSA) is 79.4 Å². The Labute approximate surface area is 213 Å². The highest BCUT2D eigenvalue weighted by atomic mass is 35.5. The third kappa shape index (κ3) is 6.90. The summed E-state index contributed by atoms with van der Waals surface area (Å²) < 4.78 is 41.8. The fourth-order valence-corrected chi connectivity index (χ4v) is 4.36. The van der Waals surface area contributed by atoms with Crippen molar-refractivity contribution < 1.29 is 22.7 Å². The minimum atomic E-state index is -4.86. The molecule has 0 spiro atoms. The van der Waals surface area contributed by atoms with E-state index in [9.17, 15) is 18.0 Å². The van der Waals surface area contributed by atoms with Crippen LogP contribution >= 0.6 is 12.4 Å². The summed E-state index contributed by atoms with van der Waals surface area (Å²) in [4.78, 5) is 23.8. The highest BCUT2D eigenvalue weighted by Crippen LogP contribution is 2.29. The van der Waals surface area contributed by atoms with Crippen LogP contribution in [0, 0.1) is 5.92 Å². The van der Waals surface area contributed by atoms with Gasteiger partial charge < -0.3 is 20.3 Å². The quantitative estimate of drug-likeness (QED) is 0.431. The molecule has 36 heavy (non-hydrogen) atoms. The molecule has 4 rings (SSSR count). The number of rotatable bonds is 7. The Balaban J connectivity index is 0.00000361. The van der Waals surface area contributed by atoms with Gasteiger partial charge in [-0.1, -0.05) is 24.3 Å². The first-order valence-electron chi connectivity index (χ1n) is 11.5. The lowest BCUT2D eigenvalue weighted by atomic mass is 9.86. The lowest BCUT2D eigenvalue weighted by Crippen LogP contribution is -2.34. The van der Waals surface area contributed by atoms with Gasteiger partial charge in [0, 0.05) is 32.1 Å². The monoisotopic (exact) mass is 523 g/mol. The zero-order valence-electron chi connectivity index (χ0n) is 20.0. The summed E-state index contributed by atoms with van der Waals surface area (Å²) in [5.41, 5.74) is 0.741. The van der Waals surface area contributed by atoms with Crippen LogP contribution in [-0.2, 0) is 0 Å². The lowest BCUT2D eigenvalue weighted by molar-refractivity contribution is -0.274. The molecule has 7 nitrogen and oxygen atoms in total. The van der Waals surface area contributed by atoms with E-state index in [4.69, 9.17) is 4.98 Å². The second-order valence-electron chi connectivity index (χ2n) is 8.90. The predicted octanol–water partition coefficient (Wildman–Crippen LogP) is 5.42. The maximum absolute atomic E-state index is 12.6. The van der Waals surface area contributed by atoms with Gasteiger partial charge in [0.15, 0.2) is 0 Å². The number of hydrogen-bond acceptors (Lipinski definition) is 6. The van der Waals surface area contributed by atoms with Gasteiger partial charge in [0.2, 0.25) is 5.95 Å². The van der Waals surface area contributed by atoms with Crippen molar-refractivity contribution in [2.45, 2.75) is 38.1 Å². The Kier molecular flexibility index (Phi) is 8.84. The normalized spacial score (nSPS) is 17.7. The first-order valence-corrected chi connectivity index (χ1v) is 11.5. The van der Waals surface area contributed by atoms with Crippen LogP contribution in [0.15, 0.2) is 48.5 Å². The number of para-hydroxylation sites is 2. The van der Waals surface area contributed by atoms with Gasteiger partial charge in [0.05, 0.1) is 11.1 Å². The van der Waals surface area contributed by atoms with Crippen molar-refractivity contribution >= 4 is 41.0 Å². The molecule has 1 saturated carbocycles. The number of fused-ring (bicyclic) bond motifs is 1. The van der Waals surface area contributed by atoms with E-state index < -0.39 is 18.0 Å². The van der Waals surface area contributed by atoms with Crippen molar-refractivity contribution in [1.82, 2.24) is 15.3 Å². The number of alkyl halides is 3. The Morgan fingerprint density at radius 3 is 2.39 bits per heavy atom. The number of nitrogens with one attached hydrogen (secondary N) is 2. The zero-order valence-corrected chi connectivity index (χ0v) is 20.8. The van der Waals surface area contributed by atoms with E-state index >= 15 is 0 Å². The maximum atomic E-state index is 12.6. The zero-order chi connectivity index (χ0) is 25.0. The van der Waals surface area contributed by atoms with Gasteiger partial charge in [-0.2, -0.15) is 4.98 Å². The second kappa shape index (κ2) is 11.6. The molecular formula is C25H29ClF3N5O2. The van der Waals surface area contributed by atoms with Gasteiger partial charge >= 0.3 is 6.36 Å². The molecular weight excluding hydrogens is 495 g/mol. The predicted molar refractivity (Wildman–Crippen MR) is 136 cm³/mol. The summed E-state index contributed by atoms with van der Waals surface area (Å²) in [6, 6.07) is 13.4. The lowest BCUT2D eigenvalue weighted by Gasteiger charge is -2.29. The largest absolute Gasteiger partial charge is 0.573 e. The molecule has 0 unspecified atom stereocenters. The standard InChI is InChI=1S/C25H28F3N5O2.ClH/c1-33(2)22-18-7-3-5-9-20(18)31-24(32-22)30-17-13-11-16(12-14-17)15-29-23(34)19-8-4-6-10-21(19)35-25(26,27)28;/h3-10,16-17H,11-15H2,1-2H3,(H,29,34)(H,30,31,32);1H/t16-,17+;. The van der Waals surface area contributed by atoms with Crippen molar-refractivity contribution in [2.75, 3.05) is 30.9 Å². The first kappa shape index (κ1) is 27.3. The molecule has 0 aliphatic heterocycles.